The summed E-state index contributed by atoms with van der Waals surface area (Å²) in [7, 11) is 0. The summed E-state index contributed by atoms with van der Waals surface area (Å²) in [5, 5.41) is 0. The van der Waals surface area contributed by atoms with Crippen molar-refractivity contribution in [3.8, 4) is 0 Å². The third-order valence-electron chi connectivity index (χ3n) is 3.36. The Morgan fingerprint density at radius 3 is 2.31 bits per heavy atom. The molecule has 1 nitrogen and oxygen atoms in total. The molecule has 0 bridgehead atoms. The zero-order chi connectivity index (χ0) is 11.8. The lowest BCUT2D eigenvalue weighted by Crippen LogP contribution is -2.24. The molecule has 0 saturated heterocycles. The van der Waals surface area contributed by atoms with E-state index in [-0.39, 0.29) is 17.8 Å². The summed E-state index contributed by atoms with van der Waals surface area (Å²) in [6, 6.07) is 7.72. The highest BCUT2D eigenvalue weighted by atomic mass is 19.3. The molecule has 0 amide bonds. The number of benzene rings is 1. The highest BCUT2D eigenvalue weighted by molar-refractivity contribution is 5.85. The van der Waals surface area contributed by atoms with E-state index in [0.29, 0.717) is 12.8 Å². The van der Waals surface area contributed by atoms with Crippen LogP contribution in [0.5, 0.6) is 0 Å². The van der Waals surface area contributed by atoms with Crippen LogP contribution in [-0.4, -0.2) is 5.78 Å². The smallest absolute Gasteiger partial charge is 0.274 e. The van der Waals surface area contributed by atoms with Crippen LogP contribution in [0.2, 0.25) is 0 Å². The van der Waals surface area contributed by atoms with Crippen LogP contribution in [0.4, 0.5) is 8.78 Å². The number of hydrogen-bond donors (Lipinski definition) is 0. The average molecular weight is 224 g/mol. The zero-order valence-electron chi connectivity index (χ0n) is 9.17. The maximum absolute atomic E-state index is 13.9. The first-order valence-electron chi connectivity index (χ1n) is 5.41. The van der Waals surface area contributed by atoms with Gasteiger partial charge in [0, 0.05) is 17.4 Å². The second kappa shape index (κ2) is 3.65. The highest BCUT2D eigenvalue weighted by Gasteiger charge is 2.53. The van der Waals surface area contributed by atoms with Crippen molar-refractivity contribution in [1.29, 1.82) is 0 Å². The minimum Gasteiger partial charge on any atom is -0.299 e. The summed E-state index contributed by atoms with van der Waals surface area (Å²) in [4.78, 5) is 11.3. The fourth-order valence-corrected chi connectivity index (χ4v) is 2.01. The van der Waals surface area contributed by atoms with Gasteiger partial charge in [-0.2, -0.15) is 0 Å². The first kappa shape index (κ1) is 11.2. The molecule has 16 heavy (non-hydrogen) atoms. The van der Waals surface area contributed by atoms with Crippen LogP contribution in [0.25, 0.3) is 0 Å². The van der Waals surface area contributed by atoms with E-state index in [0.717, 1.165) is 0 Å². The number of alkyl halides is 2. The van der Waals surface area contributed by atoms with Gasteiger partial charge in [-0.15, -0.1) is 0 Å². The molecule has 0 aliphatic heterocycles. The second-order valence-electron chi connectivity index (χ2n) is 4.58. The Morgan fingerprint density at radius 1 is 1.31 bits per heavy atom. The third kappa shape index (κ3) is 1.99. The van der Waals surface area contributed by atoms with Gasteiger partial charge >= 0.3 is 0 Å². The highest BCUT2D eigenvalue weighted by Crippen LogP contribution is 2.55. The van der Waals surface area contributed by atoms with Gasteiger partial charge in [0.2, 0.25) is 0 Å². The van der Waals surface area contributed by atoms with Gasteiger partial charge in [-0.3, -0.25) is 4.79 Å². The number of carbonyl (C=O) groups is 1. The Kier molecular flexibility index (Phi) is 2.56. The number of halogens is 2. The van der Waals surface area contributed by atoms with Crippen LogP contribution < -0.4 is 0 Å². The normalized spacial score (nSPS) is 18.2. The molecule has 0 unspecified atom stereocenters. The Bertz CT molecular complexity index is 394. The Balaban J connectivity index is 2.18. The lowest BCUT2D eigenvalue weighted by atomic mass is 9.90. The van der Waals surface area contributed by atoms with Crippen molar-refractivity contribution in [2.75, 3.05) is 0 Å². The van der Waals surface area contributed by atoms with Crippen LogP contribution in [0.1, 0.15) is 31.7 Å². The molecule has 1 fully saturated rings. The molecule has 1 aromatic carbocycles. The van der Waals surface area contributed by atoms with E-state index in [2.05, 4.69) is 0 Å². The molecule has 0 aromatic heterocycles. The first-order chi connectivity index (χ1) is 7.46. The summed E-state index contributed by atoms with van der Waals surface area (Å²) in [6.45, 7) is 1.41. The third-order valence-corrected chi connectivity index (χ3v) is 3.36. The van der Waals surface area contributed by atoms with E-state index in [1.165, 1.54) is 19.1 Å². The zero-order valence-corrected chi connectivity index (χ0v) is 9.17. The van der Waals surface area contributed by atoms with Gasteiger partial charge in [0.05, 0.1) is 0 Å². The van der Waals surface area contributed by atoms with E-state index >= 15 is 0 Å². The molecule has 0 N–H and O–H groups in total. The Hall–Kier alpha value is -1.25. The quantitative estimate of drug-likeness (QED) is 0.764. The molecule has 0 heterocycles. The number of Topliss-reactive ketones (excluding diaryl/α,β-unsaturated/α-hetero) is 1. The van der Waals surface area contributed by atoms with Gasteiger partial charge in [0.15, 0.2) is 0 Å². The fourth-order valence-electron chi connectivity index (χ4n) is 2.01. The molecule has 0 atom stereocenters. The predicted octanol–water partition coefficient (Wildman–Crippen LogP) is 3.54. The number of rotatable bonds is 4. The molecule has 0 radical (unpaired) electrons. The van der Waals surface area contributed by atoms with Crippen molar-refractivity contribution in [3.05, 3.63) is 35.9 Å². The van der Waals surface area contributed by atoms with E-state index < -0.39 is 11.3 Å². The Labute approximate surface area is 93.5 Å². The maximum atomic E-state index is 13.9. The average Bonchev–Trinajstić information content (AvgIpc) is 3.00. The molecule has 2 rings (SSSR count). The van der Waals surface area contributed by atoms with Crippen molar-refractivity contribution >= 4 is 5.78 Å². The summed E-state index contributed by atoms with van der Waals surface area (Å²) < 4.78 is 27.8. The van der Waals surface area contributed by atoms with Crippen LogP contribution in [0.3, 0.4) is 0 Å². The molecule has 1 aromatic rings. The molecule has 3 heteroatoms. The van der Waals surface area contributed by atoms with Crippen LogP contribution in [0.15, 0.2) is 30.3 Å². The van der Waals surface area contributed by atoms with Gasteiger partial charge in [0.1, 0.15) is 5.78 Å². The van der Waals surface area contributed by atoms with Crippen molar-refractivity contribution in [3.63, 3.8) is 0 Å². The van der Waals surface area contributed by atoms with E-state index in [1.807, 2.05) is 0 Å². The fraction of sp³-hybridized carbons (Fsp3) is 0.462. The first-order valence-corrected chi connectivity index (χ1v) is 5.41. The molecule has 86 valence electrons. The molecular formula is C13H14F2O. The van der Waals surface area contributed by atoms with Gasteiger partial charge in [-0.05, 0) is 19.8 Å². The largest absolute Gasteiger partial charge is 0.299 e. The maximum Gasteiger partial charge on any atom is 0.274 e. The second-order valence-corrected chi connectivity index (χ2v) is 4.58. The van der Waals surface area contributed by atoms with Crippen molar-refractivity contribution in [2.24, 2.45) is 5.41 Å². The Morgan fingerprint density at radius 2 is 1.88 bits per heavy atom. The van der Waals surface area contributed by atoms with Gasteiger partial charge in [0.25, 0.3) is 5.92 Å². The summed E-state index contributed by atoms with van der Waals surface area (Å²) in [5.74, 6) is -3.01. The van der Waals surface area contributed by atoms with Crippen molar-refractivity contribution in [1.82, 2.24) is 0 Å². The predicted molar refractivity (Wildman–Crippen MR) is 57.3 cm³/mol. The molecule has 0 spiro atoms. The van der Waals surface area contributed by atoms with Gasteiger partial charge < -0.3 is 0 Å². The van der Waals surface area contributed by atoms with E-state index in [1.54, 1.807) is 18.2 Å². The van der Waals surface area contributed by atoms with E-state index in [9.17, 15) is 13.6 Å². The van der Waals surface area contributed by atoms with Crippen molar-refractivity contribution < 1.29 is 13.6 Å². The monoisotopic (exact) mass is 224 g/mol. The lowest BCUT2D eigenvalue weighted by Gasteiger charge is -2.21. The topological polar surface area (TPSA) is 17.1 Å². The lowest BCUT2D eigenvalue weighted by molar-refractivity contribution is -0.126. The van der Waals surface area contributed by atoms with Crippen molar-refractivity contribution in [2.45, 2.75) is 32.1 Å². The minimum absolute atomic E-state index is 0.00234. The van der Waals surface area contributed by atoms with Gasteiger partial charge in [-0.1, -0.05) is 30.3 Å². The summed E-state index contributed by atoms with van der Waals surface area (Å²) in [6.07, 6.45) is 0.856. The van der Waals surface area contributed by atoms with Crippen LogP contribution >= 0.6 is 0 Å². The molecular weight excluding hydrogens is 210 g/mol. The minimum atomic E-state index is -2.90. The van der Waals surface area contributed by atoms with Gasteiger partial charge in [-0.25, -0.2) is 8.78 Å². The summed E-state index contributed by atoms with van der Waals surface area (Å²) in [5.41, 5.74) is -0.748. The SMILES string of the molecule is CC(=O)C1(CC(F)(F)c2ccccc2)CC1. The molecule has 1 aliphatic carbocycles. The number of hydrogen-bond acceptors (Lipinski definition) is 1. The number of carbonyl (C=O) groups excluding carboxylic acids is 1. The summed E-state index contributed by atoms with van der Waals surface area (Å²) >= 11 is 0. The molecule has 1 aliphatic rings. The van der Waals surface area contributed by atoms with Crippen LogP contribution in [0, 0.1) is 5.41 Å². The molecule has 1 saturated carbocycles. The van der Waals surface area contributed by atoms with E-state index in [4.69, 9.17) is 0 Å². The number of ketones is 1. The van der Waals surface area contributed by atoms with Crippen LogP contribution in [-0.2, 0) is 10.7 Å². The standard InChI is InChI=1S/C13H14F2O/c1-10(16)12(7-8-12)9-13(14,15)11-5-3-2-4-6-11/h2-6H,7-9H2,1H3.